The number of rotatable bonds is 3. The Morgan fingerprint density at radius 1 is 1.21 bits per heavy atom. The van der Waals surface area contributed by atoms with Crippen LogP contribution in [0.1, 0.15) is 17.8 Å². The standard InChI is InChI=1S/C20H22FN5O.C2HF3O2/c1-24-10-15(8-23-24)11-25-7-6-20(13-25)14-26-18(9-22-19(26)12-27-20)16-2-4-17(21)5-3-16;3-2(4,5)1(6)7/h2-5,8-10H,6-7,11-14H2,1H3;(H,6,7). The topological polar surface area (TPSA) is 85.4 Å². The van der Waals surface area contributed by atoms with E-state index >= 15 is 0 Å². The molecule has 1 unspecified atom stereocenters. The third-order valence-corrected chi connectivity index (χ3v) is 5.83. The number of nitrogens with zero attached hydrogens (tertiary/aromatic N) is 5. The molecule has 1 N–H and O–H groups in total. The number of fused-ring (bicyclic) bond motifs is 1. The van der Waals surface area contributed by atoms with E-state index in [1.807, 2.05) is 36.3 Å². The lowest BCUT2D eigenvalue weighted by Crippen LogP contribution is -2.44. The molecule has 1 spiro atoms. The van der Waals surface area contributed by atoms with Crippen molar-refractivity contribution in [3.8, 4) is 11.3 Å². The number of likely N-dealkylation sites (tertiary alicyclic amines) is 1. The van der Waals surface area contributed by atoms with Crippen molar-refractivity contribution < 1.29 is 32.2 Å². The second kappa shape index (κ2) is 9.18. The lowest BCUT2D eigenvalue weighted by Gasteiger charge is -2.35. The van der Waals surface area contributed by atoms with Gasteiger partial charge in [-0.25, -0.2) is 14.2 Å². The first kappa shape index (κ1) is 23.9. The number of carbonyl (C=O) groups is 1. The maximum absolute atomic E-state index is 13.3. The highest BCUT2D eigenvalue weighted by Gasteiger charge is 2.43. The molecule has 0 radical (unpaired) electrons. The van der Waals surface area contributed by atoms with Gasteiger partial charge in [0.05, 0.1) is 24.6 Å². The van der Waals surface area contributed by atoms with Gasteiger partial charge in [-0.1, -0.05) is 0 Å². The van der Waals surface area contributed by atoms with Crippen LogP contribution in [0.15, 0.2) is 42.9 Å². The van der Waals surface area contributed by atoms with Crippen molar-refractivity contribution in [1.29, 1.82) is 0 Å². The Bertz CT molecular complexity index is 1160. The van der Waals surface area contributed by atoms with Crippen molar-refractivity contribution in [2.45, 2.75) is 37.9 Å². The largest absolute Gasteiger partial charge is 0.490 e. The summed E-state index contributed by atoms with van der Waals surface area (Å²) in [6.07, 6.45) is 1.77. The third-order valence-electron chi connectivity index (χ3n) is 5.83. The van der Waals surface area contributed by atoms with Crippen molar-refractivity contribution in [2.75, 3.05) is 13.1 Å². The van der Waals surface area contributed by atoms with Gasteiger partial charge in [-0.15, -0.1) is 0 Å². The molecule has 1 fully saturated rings. The van der Waals surface area contributed by atoms with Crippen molar-refractivity contribution in [3.05, 3.63) is 60.1 Å². The number of aliphatic carboxylic acids is 1. The van der Waals surface area contributed by atoms with Gasteiger partial charge in [0, 0.05) is 38.4 Å². The maximum Gasteiger partial charge on any atom is 0.490 e. The molecule has 2 aliphatic rings. The molecule has 1 saturated heterocycles. The van der Waals surface area contributed by atoms with E-state index < -0.39 is 12.1 Å². The first-order valence-electron chi connectivity index (χ1n) is 10.5. The number of imidazole rings is 1. The van der Waals surface area contributed by atoms with Gasteiger partial charge >= 0.3 is 12.1 Å². The van der Waals surface area contributed by atoms with Gasteiger partial charge < -0.3 is 14.4 Å². The molecular weight excluding hydrogens is 458 g/mol. The van der Waals surface area contributed by atoms with Crippen LogP contribution in [0.4, 0.5) is 17.6 Å². The molecule has 8 nitrogen and oxygen atoms in total. The number of ether oxygens (including phenoxy) is 1. The Morgan fingerprint density at radius 3 is 2.53 bits per heavy atom. The van der Waals surface area contributed by atoms with E-state index in [1.54, 1.807) is 0 Å². The number of aryl methyl sites for hydroxylation is 1. The Morgan fingerprint density at radius 2 is 1.91 bits per heavy atom. The predicted octanol–water partition coefficient (Wildman–Crippen LogP) is 3.23. The van der Waals surface area contributed by atoms with Crippen LogP contribution in [0.25, 0.3) is 11.3 Å². The summed E-state index contributed by atoms with van der Waals surface area (Å²) in [4.78, 5) is 15.8. The van der Waals surface area contributed by atoms with Gasteiger partial charge in [-0.05, 0) is 36.2 Å². The van der Waals surface area contributed by atoms with Crippen LogP contribution >= 0.6 is 0 Å². The minimum absolute atomic E-state index is 0.190. The molecule has 2 aliphatic heterocycles. The summed E-state index contributed by atoms with van der Waals surface area (Å²) in [6.45, 7) is 4.08. The molecular formula is C22H23F4N5O3. The Balaban J connectivity index is 0.000000344. The van der Waals surface area contributed by atoms with E-state index in [-0.39, 0.29) is 11.4 Å². The summed E-state index contributed by atoms with van der Waals surface area (Å²) in [6, 6.07) is 6.61. The SMILES string of the molecule is Cn1cc(CN2CCC3(C2)Cn2c(-c4ccc(F)cc4)cnc2CO3)cn1.O=C(O)C(F)(F)F. The van der Waals surface area contributed by atoms with Crippen LogP contribution in [0.2, 0.25) is 0 Å². The zero-order valence-electron chi connectivity index (χ0n) is 18.3. The lowest BCUT2D eigenvalue weighted by atomic mass is 10.0. The molecule has 0 saturated carbocycles. The molecule has 34 heavy (non-hydrogen) atoms. The van der Waals surface area contributed by atoms with Crippen LogP contribution in [0.5, 0.6) is 0 Å². The Labute approximate surface area is 192 Å². The van der Waals surface area contributed by atoms with E-state index in [1.165, 1.54) is 17.7 Å². The molecule has 2 aromatic heterocycles. The van der Waals surface area contributed by atoms with Gasteiger partial charge in [-0.3, -0.25) is 9.58 Å². The number of carboxylic acids is 1. The van der Waals surface area contributed by atoms with Crippen LogP contribution in [0, 0.1) is 5.82 Å². The summed E-state index contributed by atoms with van der Waals surface area (Å²) in [5.74, 6) is -2.04. The molecule has 5 rings (SSSR count). The lowest BCUT2D eigenvalue weighted by molar-refractivity contribution is -0.192. The summed E-state index contributed by atoms with van der Waals surface area (Å²) in [5.41, 5.74) is 3.04. The molecule has 12 heteroatoms. The maximum atomic E-state index is 13.3. The first-order valence-corrected chi connectivity index (χ1v) is 10.5. The van der Waals surface area contributed by atoms with E-state index in [4.69, 9.17) is 14.6 Å². The summed E-state index contributed by atoms with van der Waals surface area (Å²) in [5, 5.41) is 11.4. The second-order valence-corrected chi connectivity index (χ2v) is 8.41. The van der Waals surface area contributed by atoms with E-state index in [0.717, 1.165) is 49.7 Å². The van der Waals surface area contributed by atoms with E-state index in [2.05, 4.69) is 25.7 Å². The molecule has 1 atom stereocenters. The average molecular weight is 481 g/mol. The van der Waals surface area contributed by atoms with Crippen LogP contribution < -0.4 is 0 Å². The van der Waals surface area contributed by atoms with Crippen molar-refractivity contribution in [3.63, 3.8) is 0 Å². The minimum atomic E-state index is -5.08. The van der Waals surface area contributed by atoms with Gasteiger partial charge in [0.25, 0.3) is 0 Å². The number of halogens is 4. The smallest absolute Gasteiger partial charge is 0.475 e. The van der Waals surface area contributed by atoms with Gasteiger partial charge in [-0.2, -0.15) is 18.3 Å². The molecule has 3 aromatic rings. The predicted molar refractivity (Wildman–Crippen MR) is 112 cm³/mol. The first-order chi connectivity index (χ1) is 16.0. The number of carboxylic acid groups (broad SMARTS) is 1. The minimum Gasteiger partial charge on any atom is -0.475 e. The Hall–Kier alpha value is -3.25. The highest BCUT2D eigenvalue weighted by atomic mass is 19.4. The zero-order valence-corrected chi connectivity index (χ0v) is 18.3. The van der Waals surface area contributed by atoms with Gasteiger partial charge in [0.15, 0.2) is 0 Å². The Kier molecular flexibility index (Phi) is 6.45. The monoisotopic (exact) mass is 481 g/mol. The molecule has 0 aliphatic carbocycles. The highest BCUT2D eigenvalue weighted by molar-refractivity contribution is 5.73. The molecule has 0 bridgehead atoms. The fraction of sp³-hybridized carbons (Fsp3) is 0.409. The molecule has 182 valence electrons. The van der Waals surface area contributed by atoms with E-state index in [9.17, 15) is 17.6 Å². The normalized spacial score (nSPS) is 20.1. The van der Waals surface area contributed by atoms with Crippen LogP contribution in [0.3, 0.4) is 0 Å². The van der Waals surface area contributed by atoms with Crippen molar-refractivity contribution in [2.24, 2.45) is 7.05 Å². The number of hydrogen-bond donors (Lipinski definition) is 1. The highest BCUT2D eigenvalue weighted by Crippen LogP contribution is 2.35. The average Bonchev–Trinajstić information content (AvgIpc) is 3.48. The molecule has 4 heterocycles. The number of aromatic nitrogens is 4. The van der Waals surface area contributed by atoms with Crippen molar-refractivity contribution in [1.82, 2.24) is 24.2 Å². The fourth-order valence-corrected chi connectivity index (χ4v) is 4.23. The quantitative estimate of drug-likeness (QED) is 0.579. The van der Waals surface area contributed by atoms with Gasteiger partial charge in [0.2, 0.25) is 0 Å². The number of hydrogen-bond acceptors (Lipinski definition) is 5. The summed E-state index contributed by atoms with van der Waals surface area (Å²) < 4.78 is 55.4. The van der Waals surface area contributed by atoms with E-state index in [0.29, 0.717) is 6.61 Å². The third kappa shape index (κ3) is 5.28. The fourth-order valence-electron chi connectivity index (χ4n) is 4.23. The van der Waals surface area contributed by atoms with Crippen molar-refractivity contribution >= 4 is 5.97 Å². The summed E-state index contributed by atoms with van der Waals surface area (Å²) >= 11 is 0. The number of benzene rings is 1. The number of alkyl halides is 3. The van der Waals surface area contributed by atoms with Gasteiger partial charge in [0.1, 0.15) is 23.8 Å². The zero-order chi connectivity index (χ0) is 24.5. The molecule has 1 aromatic carbocycles. The summed E-state index contributed by atoms with van der Waals surface area (Å²) in [7, 11) is 1.94. The second-order valence-electron chi connectivity index (χ2n) is 8.41. The van der Waals surface area contributed by atoms with Crippen LogP contribution in [-0.2, 0) is 36.3 Å². The van der Waals surface area contributed by atoms with Crippen LogP contribution in [-0.4, -0.2) is 60.2 Å². The molecule has 0 amide bonds.